The standard InChI is InChI=1S/C18H35N3O4S.ClH/c1-15(2)25-12-13-26(23,24)21-10-8-20(9-11-21)18(22)14-16(3)17-4-6-19-7-5-17;/h15-17,19H,4-14H2,1-3H3;1H. The quantitative estimate of drug-likeness (QED) is 0.634. The Kier molecular flexibility index (Phi) is 10.5. The second-order valence-electron chi connectivity index (χ2n) is 7.78. The third-order valence-corrected chi connectivity index (χ3v) is 7.30. The van der Waals surface area contributed by atoms with Gasteiger partial charge >= 0.3 is 0 Å². The first-order chi connectivity index (χ1) is 12.3. The highest BCUT2D eigenvalue weighted by molar-refractivity contribution is 7.89. The van der Waals surface area contributed by atoms with Gasteiger partial charge in [-0.25, -0.2) is 8.42 Å². The van der Waals surface area contributed by atoms with Gasteiger partial charge in [0.2, 0.25) is 15.9 Å². The van der Waals surface area contributed by atoms with Crippen LogP contribution in [0.4, 0.5) is 0 Å². The van der Waals surface area contributed by atoms with Crippen molar-refractivity contribution in [3.05, 3.63) is 0 Å². The lowest BCUT2D eigenvalue weighted by atomic mass is 9.84. The molecule has 2 rings (SSSR count). The summed E-state index contributed by atoms with van der Waals surface area (Å²) >= 11 is 0. The number of nitrogens with zero attached hydrogens (tertiary/aromatic N) is 2. The molecule has 1 N–H and O–H groups in total. The second-order valence-corrected chi connectivity index (χ2v) is 9.87. The summed E-state index contributed by atoms with van der Waals surface area (Å²) in [6.07, 6.45) is 2.87. The number of nitrogens with one attached hydrogen (secondary N) is 1. The Bertz CT molecular complexity index is 545. The molecule has 0 saturated carbocycles. The molecule has 1 amide bonds. The van der Waals surface area contributed by atoms with Crippen LogP contribution >= 0.6 is 12.4 Å². The van der Waals surface area contributed by atoms with E-state index in [1.54, 1.807) is 0 Å². The summed E-state index contributed by atoms with van der Waals surface area (Å²) in [7, 11) is -3.30. The zero-order valence-electron chi connectivity index (χ0n) is 16.9. The number of sulfonamides is 1. The molecular weight excluding hydrogens is 390 g/mol. The van der Waals surface area contributed by atoms with Crippen LogP contribution in [-0.2, 0) is 19.6 Å². The SMILES string of the molecule is CC(C)OCCS(=O)(=O)N1CCN(C(=O)CC(C)C2CCNCC2)CC1.Cl. The van der Waals surface area contributed by atoms with Crippen molar-refractivity contribution < 1.29 is 17.9 Å². The van der Waals surface area contributed by atoms with Crippen molar-refractivity contribution in [1.29, 1.82) is 0 Å². The van der Waals surface area contributed by atoms with E-state index in [0.29, 0.717) is 44.4 Å². The fourth-order valence-electron chi connectivity index (χ4n) is 3.72. The largest absolute Gasteiger partial charge is 0.378 e. The molecule has 7 nitrogen and oxygen atoms in total. The van der Waals surface area contributed by atoms with Crippen molar-refractivity contribution in [1.82, 2.24) is 14.5 Å². The van der Waals surface area contributed by atoms with Gasteiger partial charge in [-0.2, -0.15) is 4.31 Å². The van der Waals surface area contributed by atoms with Gasteiger partial charge in [0.15, 0.2) is 0 Å². The number of piperidine rings is 1. The molecule has 0 spiro atoms. The molecule has 2 aliphatic heterocycles. The van der Waals surface area contributed by atoms with Crippen LogP contribution in [0.5, 0.6) is 0 Å². The molecular formula is C18H36ClN3O4S. The predicted octanol–water partition coefficient (Wildman–Crippen LogP) is 1.33. The summed E-state index contributed by atoms with van der Waals surface area (Å²) in [5.41, 5.74) is 0. The first-order valence-corrected chi connectivity index (χ1v) is 11.5. The highest BCUT2D eigenvalue weighted by Gasteiger charge is 2.30. The maximum atomic E-state index is 12.6. The number of carbonyl (C=O) groups is 1. The fourth-order valence-corrected chi connectivity index (χ4v) is 5.00. The van der Waals surface area contributed by atoms with Crippen molar-refractivity contribution in [2.45, 2.75) is 46.1 Å². The highest BCUT2D eigenvalue weighted by atomic mass is 35.5. The van der Waals surface area contributed by atoms with Gasteiger partial charge in [-0.15, -0.1) is 12.4 Å². The highest BCUT2D eigenvalue weighted by Crippen LogP contribution is 2.25. The van der Waals surface area contributed by atoms with Crippen LogP contribution in [0.1, 0.15) is 40.0 Å². The van der Waals surface area contributed by atoms with E-state index in [2.05, 4.69) is 12.2 Å². The van der Waals surface area contributed by atoms with E-state index in [0.717, 1.165) is 25.9 Å². The Morgan fingerprint density at radius 1 is 1.11 bits per heavy atom. The molecule has 2 heterocycles. The van der Waals surface area contributed by atoms with E-state index in [4.69, 9.17) is 4.74 Å². The van der Waals surface area contributed by atoms with E-state index >= 15 is 0 Å². The Morgan fingerprint density at radius 2 is 1.70 bits per heavy atom. The van der Waals surface area contributed by atoms with Gasteiger partial charge in [-0.05, 0) is 51.6 Å². The van der Waals surface area contributed by atoms with Gasteiger partial charge < -0.3 is 15.0 Å². The van der Waals surface area contributed by atoms with Gasteiger partial charge in [0, 0.05) is 32.6 Å². The molecule has 0 aromatic carbocycles. The van der Waals surface area contributed by atoms with Gasteiger partial charge in [0.25, 0.3) is 0 Å². The maximum absolute atomic E-state index is 12.6. The van der Waals surface area contributed by atoms with Crippen molar-refractivity contribution in [3.8, 4) is 0 Å². The molecule has 160 valence electrons. The van der Waals surface area contributed by atoms with E-state index in [-0.39, 0.29) is 36.8 Å². The monoisotopic (exact) mass is 425 g/mol. The predicted molar refractivity (Wildman–Crippen MR) is 110 cm³/mol. The number of hydrogen-bond donors (Lipinski definition) is 1. The van der Waals surface area contributed by atoms with Crippen molar-refractivity contribution in [2.75, 3.05) is 51.6 Å². The third-order valence-electron chi connectivity index (χ3n) is 5.46. The van der Waals surface area contributed by atoms with Gasteiger partial charge in [-0.3, -0.25) is 4.79 Å². The van der Waals surface area contributed by atoms with Crippen LogP contribution in [0.25, 0.3) is 0 Å². The Balaban J connectivity index is 0.00000364. The molecule has 0 radical (unpaired) electrons. The van der Waals surface area contributed by atoms with E-state index < -0.39 is 10.0 Å². The number of carbonyl (C=O) groups excluding carboxylic acids is 1. The summed E-state index contributed by atoms with van der Waals surface area (Å²) < 4.78 is 31.6. The summed E-state index contributed by atoms with van der Waals surface area (Å²) in [5.74, 6) is 1.17. The summed E-state index contributed by atoms with van der Waals surface area (Å²) in [6, 6.07) is 0. The van der Waals surface area contributed by atoms with Crippen LogP contribution < -0.4 is 5.32 Å². The molecule has 2 saturated heterocycles. The molecule has 27 heavy (non-hydrogen) atoms. The van der Waals surface area contributed by atoms with E-state index in [9.17, 15) is 13.2 Å². The Hall–Kier alpha value is -0.410. The summed E-state index contributed by atoms with van der Waals surface area (Å²) in [4.78, 5) is 14.4. The average Bonchev–Trinajstić information content (AvgIpc) is 2.62. The molecule has 0 bridgehead atoms. The molecule has 9 heteroatoms. The smallest absolute Gasteiger partial charge is 0.222 e. The number of hydrogen-bond acceptors (Lipinski definition) is 5. The number of halogens is 1. The first kappa shape index (κ1) is 24.6. The molecule has 0 aliphatic carbocycles. The minimum Gasteiger partial charge on any atom is -0.378 e. The Labute approximate surface area is 170 Å². The minimum absolute atomic E-state index is 0. The van der Waals surface area contributed by atoms with Gasteiger partial charge in [0.05, 0.1) is 18.5 Å². The lowest BCUT2D eigenvalue weighted by Gasteiger charge is -2.35. The van der Waals surface area contributed by atoms with Gasteiger partial charge in [0.1, 0.15) is 0 Å². The second kappa shape index (κ2) is 11.6. The van der Waals surface area contributed by atoms with Gasteiger partial charge in [-0.1, -0.05) is 6.92 Å². The van der Waals surface area contributed by atoms with Crippen molar-refractivity contribution >= 4 is 28.3 Å². The van der Waals surface area contributed by atoms with Crippen LogP contribution in [0.2, 0.25) is 0 Å². The van der Waals surface area contributed by atoms with Crippen molar-refractivity contribution in [2.24, 2.45) is 11.8 Å². The van der Waals surface area contributed by atoms with E-state index in [1.807, 2.05) is 18.7 Å². The van der Waals surface area contributed by atoms with Crippen LogP contribution in [0, 0.1) is 11.8 Å². The lowest BCUT2D eigenvalue weighted by Crippen LogP contribution is -2.51. The molecule has 0 aromatic heterocycles. The minimum atomic E-state index is -3.30. The van der Waals surface area contributed by atoms with Crippen molar-refractivity contribution in [3.63, 3.8) is 0 Å². The average molecular weight is 426 g/mol. The Morgan fingerprint density at radius 3 is 2.26 bits per heavy atom. The number of rotatable bonds is 8. The third kappa shape index (κ3) is 7.85. The lowest BCUT2D eigenvalue weighted by molar-refractivity contribution is -0.133. The maximum Gasteiger partial charge on any atom is 0.222 e. The number of piperazine rings is 1. The molecule has 2 fully saturated rings. The zero-order valence-corrected chi connectivity index (χ0v) is 18.5. The normalized spacial score (nSPS) is 21.1. The fraction of sp³-hybridized carbons (Fsp3) is 0.944. The topological polar surface area (TPSA) is 79.0 Å². The molecule has 1 atom stereocenters. The zero-order chi connectivity index (χ0) is 19.2. The molecule has 0 aromatic rings. The van der Waals surface area contributed by atoms with Crippen LogP contribution in [0.3, 0.4) is 0 Å². The van der Waals surface area contributed by atoms with Crippen LogP contribution in [0.15, 0.2) is 0 Å². The molecule has 2 aliphatic rings. The van der Waals surface area contributed by atoms with Crippen LogP contribution in [-0.4, -0.2) is 81.3 Å². The number of amides is 1. The van der Waals surface area contributed by atoms with E-state index in [1.165, 1.54) is 4.31 Å². The number of ether oxygens (including phenoxy) is 1. The summed E-state index contributed by atoms with van der Waals surface area (Å²) in [5, 5.41) is 3.36. The summed E-state index contributed by atoms with van der Waals surface area (Å²) in [6.45, 7) is 10.00. The first-order valence-electron chi connectivity index (χ1n) is 9.87. The molecule has 1 unspecified atom stereocenters.